The maximum absolute atomic E-state index is 4.10. The standard InChI is InChI=1S/C14H25N3/c1-16(2)11-7-14(8-12-17(3)4)13-5-9-15-10-6-13/h5-6,9-10,14H,7-8,11-12H2,1-4H3. The van der Waals surface area contributed by atoms with Crippen molar-refractivity contribution >= 4 is 0 Å². The van der Waals surface area contributed by atoms with Gasteiger partial charge in [0.25, 0.3) is 0 Å². The predicted molar refractivity (Wildman–Crippen MR) is 73.3 cm³/mol. The first-order valence-electron chi connectivity index (χ1n) is 6.29. The summed E-state index contributed by atoms with van der Waals surface area (Å²) in [7, 11) is 8.54. The summed E-state index contributed by atoms with van der Waals surface area (Å²) in [5.74, 6) is 0.641. The van der Waals surface area contributed by atoms with Crippen LogP contribution < -0.4 is 0 Å². The fourth-order valence-electron chi connectivity index (χ4n) is 1.94. The molecule has 0 aliphatic carbocycles. The molecule has 0 saturated carbocycles. The highest BCUT2D eigenvalue weighted by Crippen LogP contribution is 2.23. The molecule has 0 N–H and O–H groups in total. The van der Waals surface area contributed by atoms with E-state index in [1.54, 1.807) is 0 Å². The Morgan fingerprint density at radius 1 is 0.941 bits per heavy atom. The third-order valence-electron chi connectivity index (χ3n) is 3.03. The molecule has 0 unspecified atom stereocenters. The maximum atomic E-state index is 4.10. The van der Waals surface area contributed by atoms with Gasteiger partial charge in [0.05, 0.1) is 0 Å². The fraction of sp³-hybridized carbons (Fsp3) is 0.643. The number of aromatic nitrogens is 1. The Balaban J connectivity index is 2.58. The van der Waals surface area contributed by atoms with Crippen LogP contribution in [-0.4, -0.2) is 56.1 Å². The van der Waals surface area contributed by atoms with Gasteiger partial charge in [-0.15, -0.1) is 0 Å². The molecule has 1 heterocycles. The van der Waals surface area contributed by atoms with Crippen molar-refractivity contribution in [3.63, 3.8) is 0 Å². The van der Waals surface area contributed by atoms with Crippen molar-refractivity contribution in [3.05, 3.63) is 30.1 Å². The maximum Gasteiger partial charge on any atom is 0.0270 e. The van der Waals surface area contributed by atoms with Gasteiger partial charge in [-0.3, -0.25) is 4.98 Å². The molecule has 0 radical (unpaired) electrons. The zero-order valence-electron chi connectivity index (χ0n) is 11.6. The topological polar surface area (TPSA) is 19.4 Å². The van der Waals surface area contributed by atoms with Crippen LogP contribution in [0.3, 0.4) is 0 Å². The number of nitrogens with zero attached hydrogens (tertiary/aromatic N) is 3. The zero-order chi connectivity index (χ0) is 12.7. The monoisotopic (exact) mass is 235 g/mol. The van der Waals surface area contributed by atoms with Crippen molar-refractivity contribution < 1.29 is 0 Å². The Morgan fingerprint density at radius 3 is 1.82 bits per heavy atom. The van der Waals surface area contributed by atoms with Gasteiger partial charge >= 0.3 is 0 Å². The summed E-state index contributed by atoms with van der Waals surface area (Å²) in [5, 5.41) is 0. The van der Waals surface area contributed by atoms with E-state index in [0.29, 0.717) is 5.92 Å². The van der Waals surface area contributed by atoms with Crippen molar-refractivity contribution in [2.45, 2.75) is 18.8 Å². The van der Waals surface area contributed by atoms with Crippen molar-refractivity contribution in [2.75, 3.05) is 41.3 Å². The number of hydrogen-bond acceptors (Lipinski definition) is 3. The molecule has 0 fully saturated rings. The average Bonchev–Trinajstić information content (AvgIpc) is 2.29. The van der Waals surface area contributed by atoms with E-state index in [4.69, 9.17) is 0 Å². The van der Waals surface area contributed by atoms with Gasteiger partial charge in [0.2, 0.25) is 0 Å². The molecule has 3 heteroatoms. The lowest BCUT2D eigenvalue weighted by Crippen LogP contribution is -2.20. The smallest absolute Gasteiger partial charge is 0.0270 e. The summed E-state index contributed by atoms with van der Waals surface area (Å²) < 4.78 is 0. The highest BCUT2D eigenvalue weighted by atomic mass is 15.1. The van der Waals surface area contributed by atoms with Crippen LogP contribution in [0.5, 0.6) is 0 Å². The van der Waals surface area contributed by atoms with Crippen LogP contribution in [0.15, 0.2) is 24.5 Å². The second-order valence-electron chi connectivity index (χ2n) is 5.16. The molecule has 17 heavy (non-hydrogen) atoms. The lowest BCUT2D eigenvalue weighted by Gasteiger charge is -2.21. The molecule has 1 rings (SSSR count). The molecule has 96 valence electrons. The quantitative estimate of drug-likeness (QED) is 0.721. The van der Waals surface area contributed by atoms with E-state index in [-0.39, 0.29) is 0 Å². The van der Waals surface area contributed by atoms with E-state index in [1.165, 1.54) is 18.4 Å². The van der Waals surface area contributed by atoms with Crippen LogP contribution in [0.25, 0.3) is 0 Å². The van der Waals surface area contributed by atoms with Gasteiger partial charge in [-0.2, -0.15) is 0 Å². The molecule has 3 nitrogen and oxygen atoms in total. The van der Waals surface area contributed by atoms with Gasteiger partial charge in [-0.05, 0) is 77.7 Å². The molecule has 0 amide bonds. The van der Waals surface area contributed by atoms with Gasteiger partial charge in [0.15, 0.2) is 0 Å². The highest BCUT2D eigenvalue weighted by Gasteiger charge is 2.12. The Kier molecular flexibility index (Phi) is 6.16. The van der Waals surface area contributed by atoms with E-state index in [2.05, 4.69) is 55.1 Å². The molecule has 1 aromatic rings. The lowest BCUT2D eigenvalue weighted by molar-refractivity contribution is 0.342. The number of hydrogen-bond donors (Lipinski definition) is 0. The summed E-state index contributed by atoms with van der Waals surface area (Å²) in [6.07, 6.45) is 6.22. The first-order chi connectivity index (χ1) is 8.09. The van der Waals surface area contributed by atoms with E-state index >= 15 is 0 Å². The Hall–Kier alpha value is -0.930. The predicted octanol–water partition coefficient (Wildman–Crippen LogP) is 2.07. The van der Waals surface area contributed by atoms with Crippen LogP contribution in [0.2, 0.25) is 0 Å². The Morgan fingerprint density at radius 2 is 1.41 bits per heavy atom. The van der Waals surface area contributed by atoms with Gasteiger partial charge < -0.3 is 9.80 Å². The van der Waals surface area contributed by atoms with Crippen molar-refractivity contribution in [1.82, 2.24) is 14.8 Å². The molecule has 0 aliphatic rings. The van der Waals surface area contributed by atoms with Crippen LogP contribution in [-0.2, 0) is 0 Å². The van der Waals surface area contributed by atoms with Crippen LogP contribution in [0.1, 0.15) is 24.3 Å². The highest BCUT2D eigenvalue weighted by molar-refractivity contribution is 5.15. The minimum absolute atomic E-state index is 0.641. The van der Waals surface area contributed by atoms with Gasteiger partial charge in [-0.1, -0.05) is 0 Å². The first-order valence-corrected chi connectivity index (χ1v) is 6.29. The van der Waals surface area contributed by atoms with E-state index in [9.17, 15) is 0 Å². The van der Waals surface area contributed by atoms with Crippen LogP contribution in [0.4, 0.5) is 0 Å². The molecule has 0 spiro atoms. The summed E-state index contributed by atoms with van der Waals surface area (Å²) in [6, 6.07) is 4.30. The normalized spacial score (nSPS) is 11.7. The summed E-state index contributed by atoms with van der Waals surface area (Å²) >= 11 is 0. The van der Waals surface area contributed by atoms with E-state index in [1.807, 2.05) is 12.4 Å². The fourth-order valence-corrected chi connectivity index (χ4v) is 1.94. The zero-order valence-corrected chi connectivity index (χ0v) is 11.6. The van der Waals surface area contributed by atoms with Crippen molar-refractivity contribution in [3.8, 4) is 0 Å². The Bertz CT molecular complexity index is 284. The SMILES string of the molecule is CN(C)CCC(CCN(C)C)c1ccncc1. The number of rotatable bonds is 7. The van der Waals surface area contributed by atoms with E-state index < -0.39 is 0 Å². The molecular formula is C14H25N3. The molecule has 0 bridgehead atoms. The number of pyridine rings is 1. The van der Waals surface area contributed by atoms with Crippen molar-refractivity contribution in [1.29, 1.82) is 0 Å². The largest absolute Gasteiger partial charge is 0.309 e. The Labute approximate surface area is 105 Å². The minimum atomic E-state index is 0.641. The van der Waals surface area contributed by atoms with Gasteiger partial charge in [0.1, 0.15) is 0 Å². The molecule has 1 aromatic heterocycles. The molecule has 0 aromatic carbocycles. The third-order valence-corrected chi connectivity index (χ3v) is 3.03. The molecular weight excluding hydrogens is 210 g/mol. The van der Waals surface area contributed by atoms with E-state index in [0.717, 1.165) is 13.1 Å². The van der Waals surface area contributed by atoms with Crippen LogP contribution in [0, 0.1) is 0 Å². The summed E-state index contributed by atoms with van der Waals surface area (Å²) in [6.45, 7) is 2.28. The summed E-state index contributed by atoms with van der Waals surface area (Å²) in [5.41, 5.74) is 1.42. The third kappa shape index (κ3) is 5.80. The molecule has 0 atom stereocenters. The summed E-state index contributed by atoms with van der Waals surface area (Å²) in [4.78, 5) is 8.61. The van der Waals surface area contributed by atoms with Gasteiger partial charge in [0, 0.05) is 12.4 Å². The first kappa shape index (κ1) is 14.1. The minimum Gasteiger partial charge on any atom is -0.309 e. The lowest BCUT2D eigenvalue weighted by atomic mass is 9.93. The van der Waals surface area contributed by atoms with Crippen LogP contribution >= 0.6 is 0 Å². The second kappa shape index (κ2) is 7.41. The van der Waals surface area contributed by atoms with Crippen molar-refractivity contribution in [2.24, 2.45) is 0 Å². The second-order valence-corrected chi connectivity index (χ2v) is 5.16. The molecule has 0 aliphatic heterocycles. The average molecular weight is 235 g/mol. The molecule has 0 saturated heterocycles. The van der Waals surface area contributed by atoms with Gasteiger partial charge in [-0.25, -0.2) is 0 Å².